The summed E-state index contributed by atoms with van der Waals surface area (Å²) in [7, 11) is 0. The fraction of sp³-hybridized carbons (Fsp3) is 0.300. The Balaban J connectivity index is 1.99. The van der Waals surface area contributed by atoms with Crippen LogP contribution in [-0.2, 0) is 16.0 Å². The highest BCUT2D eigenvalue weighted by Gasteiger charge is 2.26. The van der Waals surface area contributed by atoms with E-state index in [9.17, 15) is 9.35 Å². The van der Waals surface area contributed by atoms with Gasteiger partial charge in [-0.3, -0.25) is 9.79 Å². The van der Waals surface area contributed by atoms with E-state index in [1.54, 1.807) is 17.0 Å². The maximum Gasteiger partial charge on any atom is 0.248 e. The number of carbonyl (C=O) groups is 1. The minimum Gasteiger partial charge on any atom is -0.616 e. The molecule has 0 aromatic heterocycles. The van der Waals surface area contributed by atoms with Gasteiger partial charge in [-0.15, -0.1) is 0 Å². The van der Waals surface area contributed by atoms with Crippen molar-refractivity contribution in [1.82, 2.24) is 0 Å². The molecule has 0 spiro atoms. The number of carbonyl (C=O) groups excluding carboxylic acids is 1. The Morgan fingerprint density at radius 2 is 1.96 bits per heavy atom. The first-order valence-electron chi connectivity index (χ1n) is 8.76. The van der Waals surface area contributed by atoms with Crippen LogP contribution in [0.4, 0.5) is 5.69 Å². The fourth-order valence-corrected chi connectivity index (χ4v) is 4.18. The molecule has 1 unspecified atom stereocenters. The largest absolute Gasteiger partial charge is 0.616 e. The topological polar surface area (TPSA) is 55.7 Å². The standard InChI is InChI=1S/C20H20Cl2N2O2S/c1-2-27(26)11-5-10-24-18-9-8-14(21)12-16(18)20(23-13-19(24)25)15-6-3-4-7-17(15)22/h3-4,6-9,12H,2,5,10-11,13H2,1H3. The SMILES string of the molecule is CC[S+]([O-])CCCN1C(=O)CN=C(c2ccccc2Cl)c2cc(Cl)ccc21. The molecule has 0 fully saturated rings. The third-order valence-corrected chi connectivity index (χ3v) is 6.34. The number of hydrogen-bond acceptors (Lipinski definition) is 3. The Morgan fingerprint density at radius 3 is 2.70 bits per heavy atom. The average molecular weight is 423 g/mol. The smallest absolute Gasteiger partial charge is 0.248 e. The van der Waals surface area contributed by atoms with Gasteiger partial charge in [0, 0.05) is 34.1 Å². The second-order valence-electron chi connectivity index (χ2n) is 6.14. The molecule has 1 heterocycles. The van der Waals surface area contributed by atoms with Gasteiger partial charge in [0.15, 0.2) is 0 Å². The van der Waals surface area contributed by atoms with Crippen LogP contribution in [0.15, 0.2) is 47.5 Å². The van der Waals surface area contributed by atoms with Crippen molar-refractivity contribution in [3.05, 3.63) is 63.6 Å². The summed E-state index contributed by atoms with van der Waals surface area (Å²) < 4.78 is 11.7. The predicted molar refractivity (Wildman–Crippen MR) is 114 cm³/mol. The lowest BCUT2D eigenvalue weighted by atomic mass is 10.00. The Kier molecular flexibility index (Phi) is 6.82. The molecule has 0 aliphatic carbocycles. The minimum absolute atomic E-state index is 0.0315. The molecule has 2 aromatic carbocycles. The lowest BCUT2D eigenvalue weighted by Crippen LogP contribution is -2.34. The summed E-state index contributed by atoms with van der Waals surface area (Å²) in [6, 6.07) is 12.8. The lowest BCUT2D eigenvalue weighted by Gasteiger charge is -2.23. The van der Waals surface area contributed by atoms with Gasteiger partial charge in [-0.2, -0.15) is 0 Å². The highest BCUT2D eigenvalue weighted by atomic mass is 35.5. The number of benzodiazepines with no additional fused rings is 1. The van der Waals surface area contributed by atoms with Gasteiger partial charge < -0.3 is 9.45 Å². The third-order valence-electron chi connectivity index (χ3n) is 4.38. The van der Waals surface area contributed by atoms with E-state index in [2.05, 4.69) is 4.99 Å². The molecule has 7 heteroatoms. The number of anilines is 1. The van der Waals surface area contributed by atoms with Crippen LogP contribution in [0.1, 0.15) is 24.5 Å². The molecule has 142 valence electrons. The second kappa shape index (κ2) is 9.11. The Labute approximate surface area is 172 Å². The summed E-state index contributed by atoms with van der Waals surface area (Å²) in [6.45, 7) is 2.42. The molecule has 1 aliphatic heterocycles. The minimum atomic E-state index is -0.853. The summed E-state index contributed by atoms with van der Waals surface area (Å²) in [5.74, 6) is 1.10. The molecular formula is C20H20Cl2N2O2S. The number of fused-ring (bicyclic) bond motifs is 1. The van der Waals surface area contributed by atoms with Gasteiger partial charge in [0.2, 0.25) is 5.91 Å². The monoisotopic (exact) mass is 422 g/mol. The molecule has 1 amide bonds. The molecule has 1 aliphatic rings. The number of nitrogens with zero attached hydrogens (tertiary/aromatic N) is 2. The molecule has 0 saturated carbocycles. The van der Waals surface area contributed by atoms with E-state index in [-0.39, 0.29) is 12.5 Å². The van der Waals surface area contributed by atoms with E-state index in [1.807, 2.05) is 37.3 Å². The fourth-order valence-electron chi connectivity index (χ4n) is 3.04. The zero-order chi connectivity index (χ0) is 19.4. The molecule has 27 heavy (non-hydrogen) atoms. The van der Waals surface area contributed by atoms with E-state index in [4.69, 9.17) is 23.2 Å². The van der Waals surface area contributed by atoms with Gasteiger partial charge in [-0.05, 0) is 31.2 Å². The molecule has 0 radical (unpaired) electrons. The van der Waals surface area contributed by atoms with Gasteiger partial charge in [0.05, 0.1) is 11.4 Å². The van der Waals surface area contributed by atoms with Crippen molar-refractivity contribution in [3.63, 3.8) is 0 Å². The van der Waals surface area contributed by atoms with Gasteiger partial charge >= 0.3 is 0 Å². The number of aliphatic imine (C=N–C) groups is 1. The summed E-state index contributed by atoms with van der Waals surface area (Å²) in [4.78, 5) is 19.0. The van der Waals surface area contributed by atoms with Crippen molar-refractivity contribution in [2.45, 2.75) is 13.3 Å². The van der Waals surface area contributed by atoms with Crippen LogP contribution in [0.3, 0.4) is 0 Å². The second-order valence-corrected chi connectivity index (χ2v) is 8.85. The zero-order valence-electron chi connectivity index (χ0n) is 15.0. The molecule has 0 bridgehead atoms. The molecule has 3 rings (SSSR count). The Bertz CT molecular complexity index is 873. The quantitative estimate of drug-likeness (QED) is 0.650. The molecule has 0 N–H and O–H groups in total. The zero-order valence-corrected chi connectivity index (χ0v) is 17.3. The van der Waals surface area contributed by atoms with E-state index >= 15 is 0 Å². The van der Waals surface area contributed by atoms with Gasteiger partial charge in [-0.1, -0.05) is 52.6 Å². The van der Waals surface area contributed by atoms with Crippen molar-refractivity contribution < 1.29 is 9.35 Å². The van der Waals surface area contributed by atoms with Crippen LogP contribution >= 0.6 is 23.2 Å². The molecular weight excluding hydrogens is 403 g/mol. The number of rotatable bonds is 6. The van der Waals surface area contributed by atoms with Crippen LogP contribution in [0.25, 0.3) is 0 Å². The van der Waals surface area contributed by atoms with Crippen LogP contribution in [0.2, 0.25) is 10.0 Å². The van der Waals surface area contributed by atoms with Gasteiger partial charge in [0.25, 0.3) is 0 Å². The molecule has 0 saturated heterocycles. The normalized spacial score (nSPS) is 15.2. The third kappa shape index (κ3) is 4.66. The maximum absolute atomic E-state index is 12.7. The van der Waals surface area contributed by atoms with Gasteiger partial charge in [0.1, 0.15) is 18.1 Å². The first-order chi connectivity index (χ1) is 13.0. The van der Waals surface area contributed by atoms with Crippen molar-refractivity contribution in [1.29, 1.82) is 0 Å². The van der Waals surface area contributed by atoms with Crippen LogP contribution in [0.5, 0.6) is 0 Å². The van der Waals surface area contributed by atoms with Crippen molar-refractivity contribution in [2.75, 3.05) is 29.5 Å². The molecule has 1 atom stereocenters. The van der Waals surface area contributed by atoms with Crippen molar-refractivity contribution in [2.24, 2.45) is 4.99 Å². The Hall–Kier alpha value is -1.53. The molecule has 2 aromatic rings. The highest BCUT2D eigenvalue weighted by Crippen LogP contribution is 2.31. The summed E-state index contributed by atoms with van der Waals surface area (Å²) in [5, 5.41) is 1.14. The maximum atomic E-state index is 12.7. The lowest BCUT2D eigenvalue weighted by molar-refractivity contribution is -0.117. The number of halogens is 2. The number of amides is 1. The number of hydrogen-bond donors (Lipinski definition) is 0. The average Bonchev–Trinajstić information content (AvgIpc) is 2.79. The van der Waals surface area contributed by atoms with E-state index in [0.717, 1.165) is 16.8 Å². The van der Waals surface area contributed by atoms with E-state index in [0.29, 0.717) is 40.2 Å². The first-order valence-corrected chi connectivity index (χ1v) is 11.0. The summed E-state index contributed by atoms with van der Waals surface area (Å²) in [5.41, 5.74) is 2.96. The summed E-state index contributed by atoms with van der Waals surface area (Å²) >= 11 is 11.8. The number of benzene rings is 2. The van der Waals surface area contributed by atoms with E-state index < -0.39 is 11.2 Å². The first kappa shape index (κ1) is 20.2. The van der Waals surface area contributed by atoms with Gasteiger partial charge in [-0.25, -0.2) is 0 Å². The summed E-state index contributed by atoms with van der Waals surface area (Å²) in [6.07, 6.45) is 0.662. The highest BCUT2D eigenvalue weighted by molar-refractivity contribution is 7.91. The Morgan fingerprint density at radius 1 is 1.19 bits per heavy atom. The van der Waals surface area contributed by atoms with Crippen molar-refractivity contribution >= 4 is 51.7 Å². The van der Waals surface area contributed by atoms with Crippen LogP contribution in [0, 0.1) is 0 Å². The molecule has 4 nitrogen and oxygen atoms in total. The predicted octanol–water partition coefficient (Wildman–Crippen LogP) is 4.34. The van der Waals surface area contributed by atoms with Crippen molar-refractivity contribution in [3.8, 4) is 0 Å². The van der Waals surface area contributed by atoms with Crippen LogP contribution < -0.4 is 4.90 Å². The van der Waals surface area contributed by atoms with E-state index in [1.165, 1.54) is 0 Å². The van der Waals surface area contributed by atoms with Crippen LogP contribution in [-0.4, -0.2) is 40.8 Å².